The van der Waals surface area contributed by atoms with Crippen molar-refractivity contribution in [1.82, 2.24) is 19.7 Å². The number of esters is 1. The number of nitrogens with two attached hydrogens (primary N) is 1. The van der Waals surface area contributed by atoms with Crippen molar-refractivity contribution in [1.29, 1.82) is 0 Å². The fourth-order valence-corrected chi connectivity index (χ4v) is 3.81. The predicted octanol–water partition coefficient (Wildman–Crippen LogP) is 2.18. The van der Waals surface area contributed by atoms with Gasteiger partial charge in [0.15, 0.2) is 10.3 Å². The lowest BCUT2D eigenvalue weighted by Gasteiger charge is -2.18. The van der Waals surface area contributed by atoms with Crippen molar-refractivity contribution in [2.75, 3.05) is 23.4 Å². The molecule has 1 atom stereocenters. The first-order valence-corrected chi connectivity index (χ1v) is 9.91. The molecule has 2 aromatic heterocycles. The SMILES string of the molecule is CCOC(=O)CSc1nnc(N)n1C(CC)C(=O)Nc1nc(C)c(C)s1. The van der Waals surface area contributed by atoms with Crippen LogP contribution in [0, 0.1) is 13.8 Å². The molecule has 2 heterocycles. The second-order valence-electron chi connectivity index (χ2n) is 5.38. The van der Waals surface area contributed by atoms with E-state index in [0.29, 0.717) is 23.3 Å². The number of amides is 1. The largest absolute Gasteiger partial charge is 0.465 e. The summed E-state index contributed by atoms with van der Waals surface area (Å²) in [6.45, 7) is 7.74. The molecule has 9 nitrogen and oxygen atoms in total. The van der Waals surface area contributed by atoms with Crippen LogP contribution in [0.2, 0.25) is 0 Å². The molecule has 1 amide bonds. The summed E-state index contributed by atoms with van der Waals surface area (Å²) in [6, 6.07) is -0.612. The Balaban J connectivity index is 2.16. The number of nitrogens with one attached hydrogen (secondary N) is 1. The van der Waals surface area contributed by atoms with Gasteiger partial charge in [-0.3, -0.25) is 14.2 Å². The topological polar surface area (TPSA) is 125 Å². The highest BCUT2D eigenvalue weighted by Crippen LogP contribution is 2.27. The third-order valence-electron chi connectivity index (χ3n) is 3.58. The summed E-state index contributed by atoms with van der Waals surface area (Å²) in [4.78, 5) is 29.7. The van der Waals surface area contributed by atoms with Crippen molar-refractivity contribution in [3.63, 3.8) is 0 Å². The summed E-state index contributed by atoms with van der Waals surface area (Å²) in [5, 5.41) is 11.6. The van der Waals surface area contributed by atoms with E-state index in [1.54, 1.807) is 6.92 Å². The fourth-order valence-electron chi connectivity index (χ4n) is 2.21. The number of aryl methyl sites for hydroxylation is 2. The monoisotopic (exact) mass is 398 g/mol. The number of ether oxygens (including phenoxy) is 1. The Morgan fingerprint density at radius 1 is 1.35 bits per heavy atom. The maximum atomic E-state index is 12.7. The molecule has 11 heteroatoms. The van der Waals surface area contributed by atoms with Crippen LogP contribution in [0.3, 0.4) is 0 Å². The van der Waals surface area contributed by atoms with Crippen molar-refractivity contribution in [3.05, 3.63) is 10.6 Å². The number of thiazole rings is 1. The van der Waals surface area contributed by atoms with Gasteiger partial charge in [-0.05, 0) is 27.2 Å². The second-order valence-corrected chi connectivity index (χ2v) is 7.52. The summed E-state index contributed by atoms with van der Waals surface area (Å²) < 4.78 is 6.44. The molecule has 2 rings (SSSR count). The maximum absolute atomic E-state index is 12.7. The lowest BCUT2D eigenvalue weighted by atomic mass is 10.2. The van der Waals surface area contributed by atoms with E-state index in [-0.39, 0.29) is 23.6 Å². The second kappa shape index (κ2) is 8.99. The zero-order chi connectivity index (χ0) is 19.3. The molecular weight excluding hydrogens is 376 g/mol. The van der Waals surface area contributed by atoms with Gasteiger partial charge in [0.2, 0.25) is 11.9 Å². The van der Waals surface area contributed by atoms with Crippen molar-refractivity contribution in [2.24, 2.45) is 0 Å². The van der Waals surface area contributed by atoms with Crippen LogP contribution >= 0.6 is 23.1 Å². The highest BCUT2D eigenvalue weighted by molar-refractivity contribution is 7.99. The Morgan fingerprint density at radius 3 is 2.65 bits per heavy atom. The molecular formula is C15H22N6O3S2. The van der Waals surface area contributed by atoms with Crippen LogP contribution in [0.5, 0.6) is 0 Å². The van der Waals surface area contributed by atoms with Crippen LogP contribution in [0.15, 0.2) is 5.16 Å². The third-order valence-corrected chi connectivity index (χ3v) is 5.48. The van der Waals surface area contributed by atoms with Gasteiger partial charge in [0.25, 0.3) is 0 Å². The molecule has 0 aliphatic rings. The molecule has 0 saturated heterocycles. The molecule has 0 aliphatic carbocycles. The molecule has 0 aliphatic heterocycles. The minimum Gasteiger partial charge on any atom is -0.465 e. The van der Waals surface area contributed by atoms with E-state index in [9.17, 15) is 9.59 Å². The van der Waals surface area contributed by atoms with Crippen molar-refractivity contribution in [2.45, 2.75) is 45.3 Å². The number of thioether (sulfide) groups is 1. The molecule has 3 N–H and O–H groups in total. The van der Waals surface area contributed by atoms with Crippen LogP contribution in [0.25, 0.3) is 0 Å². The minimum absolute atomic E-state index is 0.0644. The van der Waals surface area contributed by atoms with Gasteiger partial charge in [-0.2, -0.15) is 0 Å². The zero-order valence-corrected chi connectivity index (χ0v) is 16.7. The van der Waals surface area contributed by atoms with Crippen LogP contribution in [-0.4, -0.2) is 44.0 Å². The van der Waals surface area contributed by atoms with E-state index in [1.807, 2.05) is 20.8 Å². The van der Waals surface area contributed by atoms with Crippen molar-refractivity contribution < 1.29 is 14.3 Å². The Bertz CT molecular complexity index is 769. The van der Waals surface area contributed by atoms with Gasteiger partial charge in [-0.25, -0.2) is 4.98 Å². The lowest BCUT2D eigenvalue weighted by molar-refractivity contribution is -0.139. The predicted molar refractivity (Wildman–Crippen MR) is 101 cm³/mol. The summed E-state index contributed by atoms with van der Waals surface area (Å²) in [5.41, 5.74) is 6.79. The van der Waals surface area contributed by atoms with Gasteiger partial charge >= 0.3 is 5.97 Å². The molecule has 0 bridgehead atoms. The molecule has 1 unspecified atom stereocenters. The number of carbonyl (C=O) groups is 2. The highest BCUT2D eigenvalue weighted by atomic mass is 32.2. The summed E-state index contributed by atoms with van der Waals surface area (Å²) in [7, 11) is 0. The number of anilines is 2. The maximum Gasteiger partial charge on any atom is 0.316 e. The number of hydrogen-bond donors (Lipinski definition) is 2. The molecule has 0 aromatic carbocycles. The smallest absolute Gasteiger partial charge is 0.316 e. The van der Waals surface area contributed by atoms with E-state index in [1.165, 1.54) is 15.9 Å². The molecule has 142 valence electrons. The van der Waals surface area contributed by atoms with Crippen molar-refractivity contribution >= 4 is 46.1 Å². The van der Waals surface area contributed by atoms with Crippen LogP contribution < -0.4 is 11.1 Å². The van der Waals surface area contributed by atoms with E-state index in [4.69, 9.17) is 10.5 Å². The quantitative estimate of drug-likeness (QED) is 0.512. The summed E-state index contributed by atoms with van der Waals surface area (Å²) >= 11 is 2.55. The number of hydrogen-bond acceptors (Lipinski definition) is 9. The number of rotatable bonds is 8. The standard InChI is InChI=1S/C15H22N6O3S2/c1-5-10(12(23)18-14-17-8(3)9(4)26-14)21-13(16)19-20-15(21)25-7-11(22)24-6-2/h10H,5-7H2,1-4H3,(H2,16,19)(H,17,18,23). The molecule has 0 fully saturated rings. The van der Waals surface area contributed by atoms with Gasteiger partial charge in [-0.15, -0.1) is 21.5 Å². The first-order chi connectivity index (χ1) is 12.4. The Morgan fingerprint density at radius 2 is 2.08 bits per heavy atom. The zero-order valence-electron chi connectivity index (χ0n) is 15.1. The van der Waals surface area contributed by atoms with Gasteiger partial charge in [0.05, 0.1) is 18.1 Å². The molecule has 0 spiro atoms. The first kappa shape index (κ1) is 20.2. The number of aromatic nitrogens is 4. The third kappa shape index (κ3) is 4.73. The van der Waals surface area contributed by atoms with E-state index < -0.39 is 6.04 Å². The summed E-state index contributed by atoms with van der Waals surface area (Å²) in [5.74, 6) is -0.443. The lowest BCUT2D eigenvalue weighted by Crippen LogP contribution is -2.27. The first-order valence-electron chi connectivity index (χ1n) is 8.11. The van der Waals surface area contributed by atoms with Gasteiger partial charge in [-0.1, -0.05) is 18.7 Å². The van der Waals surface area contributed by atoms with Crippen LogP contribution in [0.1, 0.15) is 36.9 Å². The average molecular weight is 399 g/mol. The van der Waals surface area contributed by atoms with Gasteiger partial charge < -0.3 is 15.8 Å². The molecule has 0 saturated carbocycles. The normalized spacial score (nSPS) is 12.0. The molecule has 26 heavy (non-hydrogen) atoms. The van der Waals surface area contributed by atoms with Gasteiger partial charge in [0, 0.05) is 4.88 Å². The Hall–Kier alpha value is -2.14. The average Bonchev–Trinajstić information content (AvgIpc) is 3.09. The van der Waals surface area contributed by atoms with Crippen molar-refractivity contribution in [3.8, 4) is 0 Å². The highest BCUT2D eigenvalue weighted by Gasteiger charge is 2.26. The molecule has 0 radical (unpaired) electrons. The van der Waals surface area contributed by atoms with E-state index in [0.717, 1.165) is 22.3 Å². The minimum atomic E-state index is -0.612. The number of nitrogen functional groups attached to an aromatic ring is 1. The Labute approximate surface area is 159 Å². The van der Waals surface area contributed by atoms with Crippen LogP contribution in [-0.2, 0) is 14.3 Å². The number of nitrogens with zero attached hydrogens (tertiary/aromatic N) is 4. The fraction of sp³-hybridized carbons (Fsp3) is 0.533. The van der Waals surface area contributed by atoms with E-state index >= 15 is 0 Å². The molecule has 2 aromatic rings. The number of carbonyl (C=O) groups excluding carboxylic acids is 2. The van der Waals surface area contributed by atoms with Gasteiger partial charge in [0.1, 0.15) is 6.04 Å². The van der Waals surface area contributed by atoms with E-state index in [2.05, 4.69) is 20.5 Å². The Kier molecular flexibility index (Phi) is 6.98. The summed E-state index contributed by atoms with van der Waals surface area (Å²) in [6.07, 6.45) is 0.477. The van der Waals surface area contributed by atoms with Crippen LogP contribution in [0.4, 0.5) is 11.1 Å².